The molecule has 2 heterocycles. The van der Waals surface area contributed by atoms with Gasteiger partial charge in [0.05, 0.1) is 11.7 Å². The second kappa shape index (κ2) is 7.32. The fraction of sp³-hybridized carbons (Fsp3) is 0.368. The van der Waals surface area contributed by atoms with Crippen molar-refractivity contribution in [3.05, 3.63) is 64.4 Å². The van der Waals surface area contributed by atoms with Gasteiger partial charge in [-0.25, -0.2) is 0 Å². The lowest BCUT2D eigenvalue weighted by Gasteiger charge is -2.39. The zero-order valence-corrected chi connectivity index (χ0v) is 14.4. The summed E-state index contributed by atoms with van der Waals surface area (Å²) in [7, 11) is 0. The van der Waals surface area contributed by atoms with Crippen LogP contribution in [0.3, 0.4) is 0 Å². The second-order valence-electron chi connectivity index (χ2n) is 6.25. The van der Waals surface area contributed by atoms with Gasteiger partial charge in [0, 0.05) is 11.2 Å². The summed E-state index contributed by atoms with van der Waals surface area (Å²) in [5.74, 6) is -0.768. The Labute approximate surface area is 147 Å². The molecule has 2 unspecified atom stereocenters. The number of rotatable bonds is 4. The van der Waals surface area contributed by atoms with Crippen LogP contribution in [0, 0.1) is 6.92 Å². The summed E-state index contributed by atoms with van der Waals surface area (Å²) in [5.41, 5.74) is 2.93. The molecule has 24 heavy (non-hydrogen) atoms. The predicted molar refractivity (Wildman–Crippen MR) is 94.2 cm³/mol. The number of carbonyl (C=O) groups is 1. The van der Waals surface area contributed by atoms with E-state index in [1.54, 1.807) is 6.20 Å². The van der Waals surface area contributed by atoms with Gasteiger partial charge in [0.2, 0.25) is 0 Å². The maximum absolute atomic E-state index is 11.8. The van der Waals surface area contributed by atoms with Crippen LogP contribution in [0.5, 0.6) is 0 Å². The maximum Gasteiger partial charge on any atom is 0.320 e. The first-order chi connectivity index (χ1) is 11.6. The van der Waals surface area contributed by atoms with E-state index < -0.39 is 12.0 Å². The van der Waals surface area contributed by atoms with Crippen molar-refractivity contribution >= 4 is 17.6 Å². The minimum absolute atomic E-state index is 0.203. The van der Waals surface area contributed by atoms with Gasteiger partial charge < -0.3 is 5.11 Å². The summed E-state index contributed by atoms with van der Waals surface area (Å²) >= 11 is 6.20. The molecule has 1 fully saturated rings. The molecule has 2 aromatic rings. The number of piperidine rings is 1. The number of hydrogen-bond donors (Lipinski definition) is 1. The molecule has 0 aliphatic carbocycles. The third kappa shape index (κ3) is 3.45. The van der Waals surface area contributed by atoms with Crippen LogP contribution in [0.1, 0.15) is 42.1 Å². The highest BCUT2D eigenvalue weighted by Gasteiger charge is 2.36. The Kier molecular flexibility index (Phi) is 5.17. The monoisotopic (exact) mass is 344 g/mol. The lowest BCUT2D eigenvalue weighted by Crippen LogP contribution is -2.47. The molecule has 0 radical (unpaired) electrons. The molecule has 1 saturated heterocycles. The fourth-order valence-electron chi connectivity index (χ4n) is 3.50. The highest BCUT2D eigenvalue weighted by Crippen LogP contribution is 2.35. The molecule has 4 nitrogen and oxygen atoms in total. The minimum atomic E-state index is -0.768. The molecule has 3 rings (SSSR count). The Morgan fingerprint density at radius 2 is 2.17 bits per heavy atom. The van der Waals surface area contributed by atoms with Crippen molar-refractivity contribution in [2.24, 2.45) is 0 Å². The van der Waals surface area contributed by atoms with Gasteiger partial charge in [-0.1, -0.05) is 36.2 Å². The van der Waals surface area contributed by atoms with Gasteiger partial charge in [0.15, 0.2) is 0 Å². The summed E-state index contributed by atoms with van der Waals surface area (Å²) in [6.45, 7) is 2.75. The molecular formula is C19H21ClN2O2. The molecule has 0 bridgehead atoms. The van der Waals surface area contributed by atoms with E-state index in [9.17, 15) is 9.90 Å². The van der Waals surface area contributed by atoms with Crippen molar-refractivity contribution < 1.29 is 9.90 Å². The number of carboxylic acid groups (broad SMARTS) is 1. The van der Waals surface area contributed by atoms with Crippen LogP contribution in [0.15, 0.2) is 42.6 Å². The smallest absolute Gasteiger partial charge is 0.320 e. The molecule has 1 N–H and O–H groups in total. The van der Waals surface area contributed by atoms with Gasteiger partial charge in [0.1, 0.15) is 6.04 Å². The van der Waals surface area contributed by atoms with Crippen molar-refractivity contribution in [1.82, 2.24) is 9.88 Å². The summed E-state index contributed by atoms with van der Waals surface area (Å²) in [5, 5.41) is 10.3. The zero-order valence-electron chi connectivity index (χ0n) is 13.7. The Hall–Kier alpha value is -1.91. The van der Waals surface area contributed by atoms with Crippen LogP contribution in [-0.2, 0) is 4.79 Å². The predicted octanol–water partition coefficient (Wildman–Crippen LogP) is 4.07. The molecular weight excluding hydrogens is 324 g/mol. The highest BCUT2D eigenvalue weighted by atomic mass is 35.5. The number of hydrogen-bond acceptors (Lipinski definition) is 3. The van der Waals surface area contributed by atoms with Gasteiger partial charge in [-0.2, -0.15) is 0 Å². The van der Waals surface area contributed by atoms with Crippen LogP contribution >= 0.6 is 11.6 Å². The molecule has 1 aliphatic rings. The van der Waals surface area contributed by atoms with Crippen molar-refractivity contribution in [2.75, 3.05) is 6.54 Å². The number of aliphatic carboxylic acids is 1. The van der Waals surface area contributed by atoms with E-state index in [1.165, 1.54) is 0 Å². The number of aromatic nitrogens is 1. The first-order valence-electron chi connectivity index (χ1n) is 8.23. The summed E-state index contributed by atoms with van der Waals surface area (Å²) < 4.78 is 0. The largest absolute Gasteiger partial charge is 0.480 e. The number of halogens is 1. The summed E-state index contributed by atoms with van der Waals surface area (Å²) in [4.78, 5) is 18.4. The fourth-order valence-corrected chi connectivity index (χ4v) is 3.69. The topological polar surface area (TPSA) is 53.4 Å². The van der Waals surface area contributed by atoms with Crippen molar-refractivity contribution in [1.29, 1.82) is 0 Å². The third-order valence-corrected chi connectivity index (χ3v) is 4.87. The normalized spacial score (nSPS) is 19.8. The van der Waals surface area contributed by atoms with E-state index in [0.717, 1.165) is 36.2 Å². The SMILES string of the molecule is Cc1cccnc1C(c1cccc(Cl)c1)N1CCCCC1C(=O)O. The van der Waals surface area contributed by atoms with Gasteiger partial charge in [-0.3, -0.25) is 14.7 Å². The van der Waals surface area contributed by atoms with E-state index in [2.05, 4.69) is 9.88 Å². The van der Waals surface area contributed by atoms with Gasteiger partial charge >= 0.3 is 5.97 Å². The van der Waals surface area contributed by atoms with Crippen LogP contribution in [0.4, 0.5) is 0 Å². The molecule has 0 saturated carbocycles. The summed E-state index contributed by atoms with van der Waals surface area (Å²) in [6, 6.07) is 10.9. The second-order valence-corrected chi connectivity index (χ2v) is 6.69. The molecule has 5 heteroatoms. The van der Waals surface area contributed by atoms with Crippen LogP contribution in [0.25, 0.3) is 0 Å². The number of benzene rings is 1. The average Bonchev–Trinajstić information content (AvgIpc) is 2.57. The van der Waals surface area contributed by atoms with E-state index in [0.29, 0.717) is 11.4 Å². The Balaban J connectivity index is 2.11. The minimum Gasteiger partial charge on any atom is -0.480 e. The average molecular weight is 345 g/mol. The van der Waals surface area contributed by atoms with E-state index in [1.807, 2.05) is 43.3 Å². The van der Waals surface area contributed by atoms with E-state index >= 15 is 0 Å². The molecule has 1 aliphatic heterocycles. The number of carboxylic acids is 1. The zero-order chi connectivity index (χ0) is 17.1. The Morgan fingerprint density at radius 3 is 2.88 bits per heavy atom. The quantitative estimate of drug-likeness (QED) is 0.908. The van der Waals surface area contributed by atoms with Gasteiger partial charge in [-0.05, 0) is 55.6 Å². The maximum atomic E-state index is 11.8. The molecule has 0 amide bonds. The first kappa shape index (κ1) is 16.9. The van der Waals surface area contributed by atoms with Crippen LogP contribution < -0.4 is 0 Å². The third-order valence-electron chi connectivity index (χ3n) is 4.63. The van der Waals surface area contributed by atoms with E-state index in [-0.39, 0.29) is 6.04 Å². The van der Waals surface area contributed by atoms with Crippen LogP contribution in [0.2, 0.25) is 5.02 Å². The highest BCUT2D eigenvalue weighted by molar-refractivity contribution is 6.30. The lowest BCUT2D eigenvalue weighted by molar-refractivity contribution is -0.145. The molecule has 0 spiro atoms. The number of nitrogens with zero attached hydrogens (tertiary/aromatic N) is 2. The van der Waals surface area contributed by atoms with Crippen molar-refractivity contribution in [2.45, 2.75) is 38.3 Å². The first-order valence-corrected chi connectivity index (χ1v) is 8.61. The van der Waals surface area contributed by atoms with Crippen molar-refractivity contribution in [3.63, 3.8) is 0 Å². The van der Waals surface area contributed by atoms with Crippen LogP contribution in [-0.4, -0.2) is 33.5 Å². The number of likely N-dealkylation sites (tertiary alicyclic amines) is 1. The summed E-state index contributed by atoms with van der Waals surface area (Å²) in [6.07, 6.45) is 4.36. The molecule has 2 atom stereocenters. The Morgan fingerprint density at radius 1 is 1.33 bits per heavy atom. The van der Waals surface area contributed by atoms with Crippen molar-refractivity contribution in [3.8, 4) is 0 Å². The lowest BCUT2D eigenvalue weighted by atomic mass is 9.92. The van der Waals surface area contributed by atoms with Gasteiger partial charge in [-0.15, -0.1) is 0 Å². The number of pyridine rings is 1. The molecule has 126 valence electrons. The molecule has 1 aromatic carbocycles. The standard InChI is InChI=1S/C19H21ClN2O2/c1-13-6-5-10-21-17(13)18(14-7-4-8-15(20)12-14)22-11-3-2-9-16(22)19(23)24/h4-8,10,12,16,18H,2-3,9,11H2,1H3,(H,23,24). The number of aryl methyl sites for hydroxylation is 1. The Bertz CT molecular complexity index is 735. The van der Waals surface area contributed by atoms with E-state index in [4.69, 9.17) is 11.6 Å². The molecule has 1 aromatic heterocycles. The van der Waals surface area contributed by atoms with Gasteiger partial charge in [0.25, 0.3) is 0 Å².